The molecule has 6 heteroatoms. The zero-order valence-corrected chi connectivity index (χ0v) is 13.9. The van der Waals surface area contributed by atoms with Gasteiger partial charge >= 0.3 is 5.63 Å². The van der Waals surface area contributed by atoms with Crippen LogP contribution in [0.5, 0.6) is 0 Å². The van der Waals surface area contributed by atoms with Gasteiger partial charge in [0.25, 0.3) is 5.91 Å². The first-order valence-corrected chi connectivity index (χ1v) is 8.86. The molecule has 0 bridgehead atoms. The quantitative estimate of drug-likeness (QED) is 0.709. The van der Waals surface area contributed by atoms with E-state index in [1.54, 1.807) is 42.1 Å². The van der Waals surface area contributed by atoms with Crippen LogP contribution in [0.3, 0.4) is 0 Å². The first kappa shape index (κ1) is 15.9. The average Bonchev–Trinajstić information content (AvgIpc) is 2.61. The predicted octanol–water partition coefficient (Wildman–Crippen LogP) is 3.90. The van der Waals surface area contributed by atoms with E-state index in [2.05, 4.69) is 5.32 Å². The summed E-state index contributed by atoms with van der Waals surface area (Å²) in [5.41, 5.74) is 0.455. The lowest BCUT2D eigenvalue weighted by atomic mass is 10.0. The molecule has 4 rings (SSSR count). The molecule has 1 aliphatic heterocycles. The summed E-state index contributed by atoms with van der Waals surface area (Å²) in [4.78, 5) is 25.7. The van der Waals surface area contributed by atoms with Crippen LogP contribution in [-0.2, 0) is 0 Å². The fourth-order valence-corrected chi connectivity index (χ4v) is 4.08. The van der Waals surface area contributed by atoms with E-state index in [1.807, 2.05) is 0 Å². The number of nitrogens with one attached hydrogen (secondary N) is 1. The Hall–Kier alpha value is -2.60. The summed E-state index contributed by atoms with van der Waals surface area (Å²) in [6.07, 6.45) is 0.672. The van der Waals surface area contributed by atoms with Gasteiger partial charge in [-0.25, -0.2) is 9.18 Å². The molecule has 1 unspecified atom stereocenters. The molecule has 0 fully saturated rings. The third-order valence-corrected chi connectivity index (χ3v) is 5.33. The molecule has 3 aromatic rings. The number of benzene rings is 2. The standard InChI is InChI=1S/C19H14FNO3S/c20-12-5-6-17-13(10-12)15(7-8-25-17)21-18(22)14-9-11-3-1-2-4-16(11)24-19(14)23/h1-6,9-10,15H,7-8H2,(H,21,22). The number of fused-ring (bicyclic) bond motifs is 2. The molecule has 0 saturated carbocycles. The van der Waals surface area contributed by atoms with Crippen LogP contribution in [-0.4, -0.2) is 11.7 Å². The van der Waals surface area contributed by atoms with Gasteiger partial charge in [0.2, 0.25) is 0 Å². The Labute approximate surface area is 147 Å². The second-order valence-electron chi connectivity index (χ2n) is 5.83. The molecule has 1 atom stereocenters. The SMILES string of the molecule is O=C(NC1CCSc2ccc(F)cc21)c1cc2ccccc2oc1=O. The normalized spacial score (nSPS) is 16.4. The number of hydrogen-bond acceptors (Lipinski definition) is 4. The second kappa shape index (κ2) is 6.37. The maximum atomic E-state index is 13.6. The van der Waals surface area contributed by atoms with Crippen molar-refractivity contribution in [2.75, 3.05) is 5.75 Å². The summed E-state index contributed by atoms with van der Waals surface area (Å²) in [5.74, 6) is -0.0343. The number of thioether (sulfide) groups is 1. The van der Waals surface area contributed by atoms with Crippen molar-refractivity contribution in [3.05, 3.63) is 75.9 Å². The summed E-state index contributed by atoms with van der Waals surface area (Å²) >= 11 is 1.63. The average molecular weight is 355 g/mol. The lowest BCUT2D eigenvalue weighted by Gasteiger charge is -2.25. The first-order chi connectivity index (χ1) is 12.1. The summed E-state index contributed by atoms with van der Waals surface area (Å²) in [5, 5.41) is 3.52. The van der Waals surface area contributed by atoms with Crippen molar-refractivity contribution < 1.29 is 13.6 Å². The van der Waals surface area contributed by atoms with Crippen LogP contribution in [0, 0.1) is 5.82 Å². The van der Waals surface area contributed by atoms with E-state index in [-0.39, 0.29) is 17.4 Å². The summed E-state index contributed by atoms with van der Waals surface area (Å²) in [6.45, 7) is 0. The van der Waals surface area contributed by atoms with Crippen molar-refractivity contribution in [1.82, 2.24) is 5.32 Å². The molecular weight excluding hydrogens is 341 g/mol. The second-order valence-corrected chi connectivity index (χ2v) is 6.97. The van der Waals surface area contributed by atoms with Crippen LogP contribution in [0.4, 0.5) is 4.39 Å². The van der Waals surface area contributed by atoms with Gasteiger partial charge in [-0.2, -0.15) is 0 Å². The number of amides is 1. The van der Waals surface area contributed by atoms with E-state index in [1.165, 1.54) is 18.2 Å². The Balaban J connectivity index is 1.67. The molecule has 0 aliphatic carbocycles. The number of para-hydroxylation sites is 1. The maximum absolute atomic E-state index is 13.6. The van der Waals surface area contributed by atoms with Gasteiger partial charge in [0.05, 0.1) is 6.04 Å². The number of hydrogen-bond donors (Lipinski definition) is 1. The molecule has 126 valence electrons. The van der Waals surface area contributed by atoms with Crippen molar-refractivity contribution in [3.8, 4) is 0 Å². The van der Waals surface area contributed by atoms with Crippen LogP contribution < -0.4 is 10.9 Å². The first-order valence-electron chi connectivity index (χ1n) is 7.88. The molecule has 0 spiro atoms. The molecule has 25 heavy (non-hydrogen) atoms. The number of carbonyl (C=O) groups is 1. The van der Waals surface area contributed by atoms with Gasteiger partial charge in [-0.15, -0.1) is 11.8 Å². The maximum Gasteiger partial charge on any atom is 0.349 e. The topological polar surface area (TPSA) is 59.3 Å². The number of rotatable bonds is 2. The molecule has 1 amide bonds. The summed E-state index contributed by atoms with van der Waals surface area (Å²) in [6, 6.07) is 12.8. The van der Waals surface area contributed by atoms with Gasteiger partial charge < -0.3 is 9.73 Å². The third-order valence-electron chi connectivity index (χ3n) is 4.20. The molecule has 2 heterocycles. The summed E-state index contributed by atoms with van der Waals surface area (Å²) < 4.78 is 18.8. The third kappa shape index (κ3) is 3.05. The van der Waals surface area contributed by atoms with Crippen LogP contribution in [0.25, 0.3) is 11.0 Å². The van der Waals surface area contributed by atoms with E-state index in [0.717, 1.165) is 16.2 Å². The summed E-state index contributed by atoms with van der Waals surface area (Å²) in [7, 11) is 0. The lowest BCUT2D eigenvalue weighted by molar-refractivity contribution is 0.0931. The highest BCUT2D eigenvalue weighted by molar-refractivity contribution is 7.99. The Morgan fingerprint density at radius 1 is 1.20 bits per heavy atom. The minimum Gasteiger partial charge on any atom is -0.422 e. The van der Waals surface area contributed by atoms with Gasteiger partial charge in [0.15, 0.2) is 0 Å². The highest BCUT2D eigenvalue weighted by Crippen LogP contribution is 2.36. The molecule has 0 radical (unpaired) electrons. The van der Waals surface area contributed by atoms with Crippen molar-refractivity contribution in [2.24, 2.45) is 0 Å². The van der Waals surface area contributed by atoms with E-state index in [9.17, 15) is 14.0 Å². The lowest BCUT2D eigenvalue weighted by Crippen LogP contribution is -2.33. The molecule has 0 saturated heterocycles. The van der Waals surface area contributed by atoms with Crippen LogP contribution in [0.1, 0.15) is 28.4 Å². The van der Waals surface area contributed by atoms with Gasteiger partial charge in [-0.1, -0.05) is 18.2 Å². The number of halogens is 1. The minimum atomic E-state index is -0.680. The van der Waals surface area contributed by atoms with Gasteiger partial charge in [-0.3, -0.25) is 4.79 Å². The smallest absolute Gasteiger partial charge is 0.349 e. The fraction of sp³-hybridized carbons (Fsp3) is 0.158. The molecule has 4 nitrogen and oxygen atoms in total. The Morgan fingerprint density at radius 3 is 2.92 bits per heavy atom. The zero-order chi connectivity index (χ0) is 17.4. The van der Waals surface area contributed by atoms with Crippen LogP contribution >= 0.6 is 11.8 Å². The zero-order valence-electron chi connectivity index (χ0n) is 13.1. The minimum absolute atomic E-state index is 0.0464. The monoisotopic (exact) mass is 355 g/mol. The van der Waals surface area contributed by atoms with Crippen molar-refractivity contribution in [1.29, 1.82) is 0 Å². The Morgan fingerprint density at radius 2 is 2.04 bits per heavy atom. The van der Waals surface area contributed by atoms with Gasteiger partial charge in [0.1, 0.15) is 17.0 Å². The van der Waals surface area contributed by atoms with E-state index >= 15 is 0 Å². The molecule has 1 aromatic heterocycles. The Bertz CT molecular complexity index is 1030. The van der Waals surface area contributed by atoms with E-state index < -0.39 is 11.5 Å². The van der Waals surface area contributed by atoms with Crippen molar-refractivity contribution in [3.63, 3.8) is 0 Å². The highest BCUT2D eigenvalue weighted by Gasteiger charge is 2.24. The van der Waals surface area contributed by atoms with E-state index in [4.69, 9.17) is 4.42 Å². The van der Waals surface area contributed by atoms with Gasteiger partial charge in [-0.05, 0) is 42.3 Å². The Kier molecular flexibility index (Phi) is 4.05. The van der Waals surface area contributed by atoms with E-state index in [0.29, 0.717) is 17.4 Å². The largest absolute Gasteiger partial charge is 0.422 e. The molecule has 1 aliphatic rings. The highest BCUT2D eigenvalue weighted by atomic mass is 32.2. The predicted molar refractivity (Wildman–Crippen MR) is 94.4 cm³/mol. The van der Waals surface area contributed by atoms with Crippen LogP contribution in [0.2, 0.25) is 0 Å². The van der Waals surface area contributed by atoms with Crippen LogP contribution in [0.15, 0.2) is 62.6 Å². The van der Waals surface area contributed by atoms with Crippen molar-refractivity contribution >= 4 is 28.6 Å². The van der Waals surface area contributed by atoms with Gasteiger partial charge in [0, 0.05) is 16.0 Å². The fourth-order valence-electron chi connectivity index (χ4n) is 2.97. The number of carbonyl (C=O) groups excluding carboxylic acids is 1. The van der Waals surface area contributed by atoms with Crippen molar-refractivity contribution in [2.45, 2.75) is 17.4 Å². The molecule has 1 N–H and O–H groups in total. The molecule has 2 aromatic carbocycles. The molecular formula is C19H14FNO3S.